The molecular weight excluding hydrogens is 492 g/mol. The average molecular weight is 517 g/mol. The summed E-state index contributed by atoms with van der Waals surface area (Å²) in [6.07, 6.45) is 3.18. The number of nitrogens with one attached hydrogen (secondary N) is 1. The van der Waals surface area contributed by atoms with E-state index in [1.165, 1.54) is 4.90 Å². The van der Waals surface area contributed by atoms with Crippen LogP contribution in [0, 0.1) is 6.92 Å². The lowest BCUT2D eigenvalue weighted by atomic mass is 9.93. The van der Waals surface area contributed by atoms with Crippen LogP contribution in [0.25, 0.3) is 49.5 Å². The van der Waals surface area contributed by atoms with Crippen molar-refractivity contribution >= 4 is 44.5 Å². The molecule has 0 unspecified atom stereocenters. The van der Waals surface area contributed by atoms with Crippen LogP contribution in [-0.2, 0) is 0 Å². The van der Waals surface area contributed by atoms with Crippen molar-refractivity contribution in [1.82, 2.24) is 24.4 Å². The van der Waals surface area contributed by atoms with E-state index in [0.29, 0.717) is 33.2 Å². The van der Waals surface area contributed by atoms with E-state index in [4.69, 9.17) is 5.73 Å². The van der Waals surface area contributed by atoms with E-state index < -0.39 is 5.91 Å². The van der Waals surface area contributed by atoms with Gasteiger partial charge in [0.05, 0.1) is 33.2 Å². The maximum Gasteiger partial charge on any atom is 0.272 e. The summed E-state index contributed by atoms with van der Waals surface area (Å²) in [4.78, 5) is 51.9. The van der Waals surface area contributed by atoms with Crippen molar-refractivity contribution < 1.29 is 9.59 Å². The number of amides is 2. The average Bonchev–Trinajstić information content (AvgIpc) is 3.31. The lowest BCUT2D eigenvalue weighted by Crippen LogP contribution is -2.22. The largest absolute Gasteiger partial charge is 0.366 e. The highest BCUT2D eigenvalue weighted by Gasteiger charge is 2.20. The molecule has 9 nitrogen and oxygen atoms in total. The first-order chi connectivity index (χ1) is 18.8. The number of aromatic nitrogens is 4. The summed E-state index contributed by atoms with van der Waals surface area (Å²) in [6.45, 7) is 1.95. The van der Waals surface area contributed by atoms with Gasteiger partial charge in [-0.3, -0.25) is 23.9 Å². The van der Waals surface area contributed by atoms with Crippen molar-refractivity contribution in [2.24, 2.45) is 5.73 Å². The quantitative estimate of drug-likeness (QED) is 0.363. The number of rotatable bonds is 4. The smallest absolute Gasteiger partial charge is 0.272 e. The predicted octanol–water partition coefficient (Wildman–Crippen LogP) is 4.19. The van der Waals surface area contributed by atoms with Gasteiger partial charge in [-0.1, -0.05) is 30.3 Å². The van der Waals surface area contributed by atoms with Crippen molar-refractivity contribution in [3.63, 3.8) is 0 Å². The molecule has 3 heterocycles. The number of hydrogen-bond donors (Lipinski definition) is 2. The molecule has 0 aliphatic heterocycles. The zero-order valence-corrected chi connectivity index (χ0v) is 21.5. The number of para-hydroxylation sites is 1. The number of nitrogens with zero attached hydrogens (tertiary/aromatic N) is 4. The van der Waals surface area contributed by atoms with E-state index in [1.807, 2.05) is 49.4 Å². The van der Waals surface area contributed by atoms with Gasteiger partial charge in [-0.15, -0.1) is 0 Å². The number of primary amides is 1. The van der Waals surface area contributed by atoms with Crippen LogP contribution in [0.2, 0.25) is 0 Å². The standard InChI is InChI=1S/C30H24N6O3/c1-16-17(8-6-10-25(16)36-15-33-22-9-5-4-7-19(22)29(36)38)18-11-12-20(28(31)37)27-26(18)21-14-32-24(13-23(21)34-27)30(39)35(2)3/h4-15,34H,1-3H3,(H2,31,37). The first-order valence-electron chi connectivity index (χ1n) is 12.3. The van der Waals surface area contributed by atoms with E-state index in [2.05, 4.69) is 15.0 Å². The Bertz CT molecular complexity index is 2040. The lowest BCUT2D eigenvalue weighted by molar-refractivity contribution is 0.0822. The molecule has 192 valence electrons. The van der Waals surface area contributed by atoms with Gasteiger partial charge in [0.2, 0.25) is 0 Å². The van der Waals surface area contributed by atoms with Crippen LogP contribution < -0.4 is 11.3 Å². The molecule has 0 radical (unpaired) electrons. The summed E-state index contributed by atoms with van der Waals surface area (Å²) in [5.74, 6) is -0.807. The van der Waals surface area contributed by atoms with Gasteiger partial charge in [0.15, 0.2) is 0 Å². The second kappa shape index (κ2) is 8.91. The summed E-state index contributed by atoms with van der Waals surface area (Å²) in [7, 11) is 3.32. The second-order valence-corrected chi connectivity index (χ2v) is 9.60. The Labute approximate surface area is 222 Å². The molecule has 39 heavy (non-hydrogen) atoms. The number of H-pyrrole nitrogens is 1. The van der Waals surface area contributed by atoms with Crippen LogP contribution >= 0.6 is 0 Å². The van der Waals surface area contributed by atoms with Crippen molar-refractivity contribution in [2.45, 2.75) is 6.92 Å². The van der Waals surface area contributed by atoms with Gasteiger partial charge in [-0.25, -0.2) is 4.98 Å². The van der Waals surface area contributed by atoms with Crippen molar-refractivity contribution in [1.29, 1.82) is 0 Å². The number of carbonyl (C=O) groups is 2. The number of benzene rings is 3. The number of fused-ring (bicyclic) bond motifs is 4. The third kappa shape index (κ3) is 3.74. The fraction of sp³-hybridized carbons (Fsp3) is 0.100. The minimum absolute atomic E-state index is 0.163. The van der Waals surface area contributed by atoms with Crippen molar-refractivity contribution in [3.8, 4) is 16.8 Å². The Morgan fingerprint density at radius 1 is 0.949 bits per heavy atom. The maximum atomic E-state index is 13.4. The van der Waals surface area contributed by atoms with E-state index in [1.54, 1.807) is 49.4 Å². The molecule has 3 aromatic heterocycles. The second-order valence-electron chi connectivity index (χ2n) is 9.60. The summed E-state index contributed by atoms with van der Waals surface area (Å²) < 4.78 is 1.55. The highest BCUT2D eigenvalue weighted by atomic mass is 16.2. The third-order valence-electron chi connectivity index (χ3n) is 7.05. The summed E-state index contributed by atoms with van der Waals surface area (Å²) in [6, 6.07) is 18.2. The van der Waals surface area contributed by atoms with Crippen LogP contribution in [0.5, 0.6) is 0 Å². The summed E-state index contributed by atoms with van der Waals surface area (Å²) in [5.41, 5.74) is 11.3. The van der Waals surface area contributed by atoms with Gasteiger partial charge in [0, 0.05) is 31.1 Å². The molecule has 0 aliphatic rings. The minimum atomic E-state index is -0.574. The van der Waals surface area contributed by atoms with Crippen molar-refractivity contribution in [2.75, 3.05) is 14.1 Å². The highest BCUT2D eigenvalue weighted by Crippen LogP contribution is 2.38. The number of carbonyl (C=O) groups excluding carboxylic acids is 2. The first kappa shape index (κ1) is 24.1. The predicted molar refractivity (Wildman–Crippen MR) is 151 cm³/mol. The Kier molecular flexibility index (Phi) is 5.50. The van der Waals surface area contributed by atoms with Crippen LogP contribution in [-0.4, -0.2) is 50.3 Å². The molecule has 6 aromatic rings. The fourth-order valence-electron chi connectivity index (χ4n) is 5.10. The molecule has 6 rings (SSSR count). The normalized spacial score (nSPS) is 11.4. The topological polar surface area (TPSA) is 127 Å². The SMILES string of the molecule is Cc1c(-c2ccc(C(N)=O)c3[nH]c4cc(C(=O)N(C)C)ncc4c23)cccc1-n1cnc2ccccc2c1=O. The molecule has 0 saturated heterocycles. The molecule has 0 bridgehead atoms. The van der Waals surface area contributed by atoms with Crippen LogP contribution in [0.4, 0.5) is 0 Å². The third-order valence-corrected chi connectivity index (χ3v) is 7.05. The number of aromatic amines is 1. The lowest BCUT2D eigenvalue weighted by Gasteiger charge is -2.15. The van der Waals surface area contributed by atoms with Gasteiger partial charge in [0.25, 0.3) is 17.4 Å². The Morgan fingerprint density at radius 2 is 1.74 bits per heavy atom. The fourth-order valence-corrected chi connectivity index (χ4v) is 5.10. The Balaban J connectivity index is 1.62. The molecule has 2 amide bonds. The van der Waals surface area contributed by atoms with E-state index in [9.17, 15) is 14.4 Å². The minimum Gasteiger partial charge on any atom is -0.366 e. The molecule has 9 heteroatoms. The van der Waals surface area contributed by atoms with Crippen LogP contribution in [0.3, 0.4) is 0 Å². The molecule has 0 saturated carbocycles. The zero-order valence-electron chi connectivity index (χ0n) is 21.5. The molecule has 0 fully saturated rings. The summed E-state index contributed by atoms with van der Waals surface area (Å²) in [5, 5.41) is 2.03. The van der Waals surface area contributed by atoms with Gasteiger partial charge in [-0.2, -0.15) is 0 Å². The molecule has 0 atom stereocenters. The highest BCUT2D eigenvalue weighted by molar-refractivity contribution is 6.20. The molecule has 3 aromatic carbocycles. The van der Waals surface area contributed by atoms with Crippen LogP contribution in [0.1, 0.15) is 26.4 Å². The summed E-state index contributed by atoms with van der Waals surface area (Å²) >= 11 is 0. The van der Waals surface area contributed by atoms with E-state index in [0.717, 1.165) is 27.5 Å². The first-order valence-corrected chi connectivity index (χ1v) is 12.3. The van der Waals surface area contributed by atoms with Gasteiger partial charge >= 0.3 is 0 Å². The van der Waals surface area contributed by atoms with Crippen molar-refractivity contribution in [3.05, 3.63) is 100 Å². The van der Waals surface area contributed by atoms with E-state index in [-0.39, 0.29) is 17.2 Å². The molecule has 3 N–H and O–H groups in total. The van der Waals surface area contributed by atoms with Crippen LogP contribution in [0.15, 0.2) is 78.0 Å². The number of pyridine rings is 1. The van der Waals surface area contributed by atoms with Gasteiger partial charge in [0.1, 0.15) is 12.0 Å². The maximum absolute atomic E-state index is 13.4. The molecule has 0 spiro atoms. The Morgan fingerprint density at radius 3 is 2.51 bits per heavy atom. The molecular formula is C30H24N6O3. The van der Waals surface area contributed by atoms with E-state index >= 15 is 0 Å². The zero-order chi connectivity index (χ0) is 27.4. The monoisotopic (exact) mass is 516 g/mol. The number of hydrogen-bond acceptors (Lipinski definition) is 5. The Hall–Kier alpha value is -5.31. The van der Waals surface area contributed by atoms with Gasteiger partial charge < -0.3 is 15.6 Å². The van der Waals surface area contributed by atoms with Gasteiger partial charge in [-0.05, 0) is 53.9 Å². The number of nitrogens with two attached hydrogens (primary N) is 1. The molecule has 0 aliphatic carbocycles.